The van der Waals surface area contributed by atoms with Gasteiger partial charge in [0.2, 0.25) is 11.8 Å². The lowest BCUT2D eigenvalue weighted by Gasteiger charge is -2.17. The van der Waals surface area contributed by atoms with Crippen LogP contribution in [-0.4, -0.2) is 34.6 Å². The zero-order valence-electron chi connectivity index (χ0n) is 12.1. The molecule has 1 fully saturated rings. The second-order valence-electron chi connectivity index (χ2n) is 5.33. The molecule has 2 amide bonds. The number of carbonyl (C=O) groups excluding carboxylic acids is 2. The SMILES string of the molecule is O=C(Cc1ccn[nH]1)NC1CC(=O)N(c2ccc(Cl)c(F)c2)C1. The lowest BCUT2D eigenvalue weighted by molar-refractivity contribution is -0.121. The highest BCUT2D eigenvalue weighted by molar-refractivity contribution is 6.30. The average Bonchev–Trinajstić information content (AvgIpc) is 3.12. The number of halogens is 2. The summed E-state index contributed by atoms with van der Waals surface area (Å²) in [7, 11) is 0. The van der Waals surface area contributed by atoms with Crippen molar-refractivity contribution in [3.05, 3.63) is 47.0 Å². The number of benzene rings is 1. The Kier molecular flexibility index (Phi) is 4.29. The van der Waals surface area contributed by atoms with Gasteiger partial charge in [-0.15, -0.1) is 0 Å². The quantitative estimate of drug-likeness (QED) is 0.891. The van der Waals surface area contributed by atoms with E-state index in [1.54, 1.807) is 18.3 Å². The molecule has 2 aromatic rings. The van der Waals surface area contributed by atoms with Gasteiger partial charge in [0.1, 0.15) is 5.82 Å². The molecule has 0 radical (unpaired) electrons. The molecule has 8 heteroatoms. The molecule has 6 nitrogen and oxygen atoms in total. The molecule has 1 unspecified atom stereocenters. The molecular formula is C15H14ClFN4O2. The van der Waals surface area contributed by atoms with Gasteiger partial charge in [-0.2, -0.15) is 5.10 Å². The Labute approximate surface area is 136 Å². The zero-order chi connectivity index (χ0) is 16.4. The van der Waals surface area contributed by atoms with Crippen molar-refractivity contribution in [2.24, 2.45) is 0 Å². The van der Waals surface area contributed by atoms with Crippen molar-refractivity contribution in [2.45, 2.75) is 18.9 Å². The van der Waals surface area contributed by atoms with Crippen LogP contribution < -0.4 is 10.2 Å². The van der Waals surface area contributed by atoms with Gasteiger partial charge in [-0.1, -0.05) is 11.6 Å². The Morgan fingerprint density at radius 3 is 3.00 bits per heavy atom. The van der Waals surface area contributed by atoms with E-state index in [0.29, 0.717) is 17.9 Å². The molecule has 3 rings (SSSR count). The van der Waals surface area contributed by atoms with E-state index in [1.165, 1.54) is 17.0 Å². The van der Waals surface area contributed by atoms with E-state index in [4.69, 9.17) is 11.6 Å². The van der Waals surface area contributed by atoms with Crippen LogP contribution >= 0.6 is 11.6 Å². The zero-order valence-corrected chi connectivity index (χ0v) is 12.8. The number of aromatic amines is 1. The fraction of sp³-hybridized carbons (Fsp3) is 0.267. The predicted molar refractivity (Wildman–Crippen MR) is 82.6 cm³/mol. The lowest BCUT2D eigenvalue weighted by Crippen LogP contribution is -2.38. The van der Waals surface area contributed by atoms with E-state index in [9.17, 15) is 14.0 Å². The minimum atomic E-state index is -0.580. The van der Waals surface area contributed by atoms with Crippen molar-refractivity contribution < 1.29 is 14.0 Å². The fourth-order valence-corrected chi connectivity index (χ4v) is 2.66. The predicted octanol–water partition coefficient (Wildman–Crippen LogP) is 1.67. The summed E-state index contributed by atoms with van der Waals surface area (Å²) in [4.78, 5) is 25.5. The molecular weight excluding hydrogens is 323 g/mol. The van der Waals surface area contributed by atoms with Gasteiger partial charge in [-0.3, -0.25) is 14.7 Å². The highest BCUT2D eigenvalue weighted by Gasteiger charge is 2.31. The number of amides is 2. The van der Waals surface area contributed by atoms with Crippen LogP contribution in [0.5, 0.6) is 0 Å². The summed E-state index contributed by atoms with van der Waals surface area (Å²) in [6.45, 7) is 0.300. The van der Waals surface area contributed by atoms with Gasteiger partial charge < -0.3 is 10.2 Å². The molecule has 1 aliphatic rings. The molecule has 23 heavy (non-hydrogen) atoms. The van der Waals surface area contributed by atoms with Crippen molar-refractivity contribution in [1.29, 1.82) is 0 Å². The van der Waals surface area contributed by atoms with E-state index in [0.717, 1.165) is 0 Å². The van der Waals surface area contributed by atoms with Crippen LogP contribution in [0.15, 0.2) is 30.5 Å². The van der Waals surface area contributed by atoms with Crippen LogP contribution in [0.4, 0.5) is 10.1 Å². The number of rotatable bonds is 4. The minimum absolute atomic E-state index is 0.00445. The van der Waals surface area contributed by atoms with Crippen molar-refractivity contribution >= 4 is 29.1 Å². The molecule has 1 aromatic heterocycles. The first-order valence-corrected chi connectivity index (χ1v) is 7.44. The number of carbonyl (C=O) groups is 2. The van der Waals surface area contributed by atoms with E-state index >= 15 is 0 Å². The molecule has 0 bridgehead atoms. The standard InChI is InChI=1S/C15H14ClFN4O2/c16-12-2-1-11(7-13(12)17)21-8-10(6-15(21)23)19-14(22)5-9-3-4-18-20-9/h1-4,7,10H,5-6,8H2,(H,18,20)(H,19,22). The summed E-state index contributed by atoms with van der Waals surface area (Å²) >= 11 is 5.65. The van der Waals surface area contributed by atoms with E-state index < -0.39 is 5.82 Å². The summed E-state index contributed by atoms with van der Waals surface area (Å²) in [6, 6.07) is 5.61. The van der Waals surface area contributed by atoms with Crippen molar-refractivity contribution in [3.63, 3.8) is 0 Å². The van der Waals surface area contributed by atoms with Crippen LogP contribution in [-0.2, 0) is 16.0 Å². The van der Waals surface area contributed by atoms with Gasteiger partial charge in [0, 0.05) is 30.5 Å². The van der Waals surface area contributed by atoms with Crippen molar-refractivity contribution in [1.82, 2.24) is 15.5 Å². The monoisotopic (exact) mass is 336 g/mol. The van der Waals surface area contributed by atoms with Gasteiger partial charge in [-0.25, -0.2) is 4.39 Å². The fourth-order valence-electron chi connectivity index (χ4n) is 2.54. The van der Waals surface area contributed by atoms with Crippen LogP contribution in [0.25, 0.3) is 0 Å². The number of nitrogens with one attached hydrogen (secondary N) is 2. The normalized spacial score (nSPS) is 17.6. The maximum Gasteiger partial charge on any atom is 0.229 e. The smallest absolute Gasteiger partial charge is 0.229 e. The third kappa shape index (κ3) is 3.50. The average molecular weight is 337 g/mol. The highest BCUT2D eigenvalue weighted by Crippen LogP contribution is 2.25. The Morgan fingerprint density at radius 2 is 2.30 bits per heavy atom. The van der Waals surface area contributed by atoms with Crippen LogP contribution in [0, 0.1) is 5.82 Å². The van der Waals surface area contributed by atoms with E-state index in [2.05, 4.69) is 15.5 Å². The third-order valence-electron chi connectivity index (χ3n) is 3.61. The van der Waals surface area contributed by atoms with Crippen molar-refractivity contribution in [3.8, 4) is 0 Å². The van der Waals surface area contributed by atoms with E-state index in [-0.39, 0.29) is 35.7 Å². The second kappa shape index (κ2) is 6.37. The van der Waals surface area contributed by atoms with Gasteiger partial charge in [0.25, 0.3) is 0 Å². The lowest BCUT2D eigenvalue weighted by atomic mass is 10.2. The number of nitrogens with zero attached hydrogens (tertiary/aromatic N) is 2. The first-order chi connectivity index (χ1) is 11.0. The van der Waals surface area contributed by atoms with Gasteiger partial charge in [-0.05, 0) is 24.3 Å². The number of aromatic nitrogens is 2. The number of hydrogen-bond donors (Lipinski definition) is 2. The largest absolute Gasteiger partial charge is 0.351 e. The molecule has 0 saturated carbocycles. The van der Waals surface area contributed by atoms with Gasteiger partial charge in [0.15, 0.2) is 0 Å². The summed E-state index contributed by atoms with van der Waals surface area (Å²) in [5.41, 5.74) is 1.13. The Balaban J connectivity index is 1.62. The number of anilines is 1. The molecule has 2 heterocycles. The summed E-state index contributed by atoms with van der Waals surface area (Å²) < 4.78 is 13.5. The van der Waals surface area contributed by atoms with Crippen LogP contribution in [0.3, 0.4) is 0 Å². The Morgan fingerprint density at radius 1 is 1.48 bits per heavy atom. The maximum absolute atomic E-state index is 13.5. The van der Waals surface area contributed by atoms with Crippen molar-refractivity contribution in [2.75, 3.05) is 11.4 Å². The highest BCUT2D eigenvalue weighted by atomic mass is 35.5. The molecule has 1 saturated heterocycles. The molecule has 1 aliphatic heterocycles. The minimum Gasteiger partial charge on any atom is -0.351 e. The Hall–Kier alpha value is -2.41. The van der Waals surface area contributed by atoms with Crippen LogP contribution in [0.2, 0.25) is 5.02 Å². The van der Waals surface area contributed by atoms with Gasteiger partial charge in [0.05, 0.1) is 17.5 Å². The second-order valence-corrected chi connectivity index (χ2v) is 5.74. The molecule has 0 aliphatic carbocycles. The topological polar surface area (TPSA) is 78.1 Å². The summed E-state index contributed by atoms with van der Waals surface area (Å²) in [6.07, 6.45) is 1.91. The first-order valence-electron chi connectivity index (χ1n) is 7.06. The maximum atomic E-state index is 13.5. The van der Waals surface area contributed by atoms with E-state index in [1.807, 2.05) is 0 Å². The summed E-state index contributed by atoms with van der Waals surface area (Å²) in [5.74, 6) is -0.946. The third-order valence-corrected chi connectivity index (χ3v) is 3.92. The van der Waals surface area contributed by atoms with Crippen LogP contribution in [0.1, 0.15) is 12.1 Å². The molecule has 2 N–H and O–H groups in total. The molecule has 120 valence electrons. The first kappa shape index (κ1) is 15.5. The number of hydrogen-bond acceptors (Lipinski definition) is 3. The molecule has 0 spiro atoms. The van der Waals surface area contributed by atoms with Gasteiger partial charge >= 0.3 is 0 Å². The summed E-state index contributed by atoms with van der Waals surface area (Å²) in [5, 5.41) is 9.29. The Bertz CT molecular complexity index is 735. The number of H-pyrrole nitrogens is 1. The molecule has 1 atom stereocenters. The molecule has 1 aromatic carbocycles.